The van der Waals surface area contributed by atoms with Gasteiger partial charge >= 0.3 is 6.01 Å². The van der Waals surface area contributed by atoms with Crippen LogP contribution in [0.25, 0.3) is 0 Å². The number of non-ortho nitro benzene ring substituents is 1. The van der Waals surface area contributed by atoms with Crippen molar-refractivity contribution < 1.29 is 22.1 Å². The summed E-state index contributed by atoms with van der Waals surface area (Å²) in [5.74, 6) is -1.35. The summed E-state index contributed by atoms with van der Waals surface area (Å²) in [6, 6.07) is 0.842. The van der Waals surface area contributed by atoms with Gasteiger partial charge in [-0.25, -0.2) is 17.5 Å². The molecule has 0 bridgehead atoms. The molecule has 9 nitrogen and oxygen atoms in total. The summed E-state index contributed by atoms with van der Waals surface area (Å²) in [5, 5.41) is 10.6. The van der Waals surface area contributed by atoms with Gasteiger partial charge in [0.25, 0.3) is 15.7 Å². The van der Waals surface area contributed by atoms with Crippen LogP contribution in [0.3, 0.4) is 0 Å². The average molecular weight is 316 g/mol. The Hall–Kier alpha value is -2.69. The Bertz CT molecular complexity index is 794. The van der Waals surface area contributed by atoms with Gasteiger partial charge in [0.2, 0.25) is 0 Å². The molecule has 1 heterocycles. The summed E-state index contributed by atoms with van der Waals surface area (Å²) in [6.45, 7) is 1.56. The average Bonchev–Trinajstić information content (AvgIpc) is 2.72. The predicted molar refractivity (Wildman–Crippen MR) is 69.5 cm³/mol. The summed E-state index contributed by atoms with van der Waals surface area (Å²) in [5.41, 5.74) is 4.54. The van der Waals surface area contributed by atoms with E-state index in [1.807, 2.05) is 4.72 Å². The van der Waals surface area contributed by atoms with E-state index in [1.54, 1.807) is 6.92 Å². The smallest absolute Gasteiger partial charge is 0.309 e. The quantitative estimate of drug-likeness (QED) is 0.493. The van der Waals surface area contributed by atoms with Crippen molar-refractivity contribution in [3.63, 3.8) is 0 Å². The first kappa shape index (κ1) is 14.7. The zero-order valence-corrected chi connectivity index (χ0v) is 11.3. The second-order valence-corrected chi connectivity index (χ2v) is 5.62. The number of nitrogens with zero attached hydrogens (tertiary/aromatic N) is 2. The van der Waals surface area contributed by atoms with Crippen molar-refractivity contribution in [2.75, 3.05) is 10.5 Å². The van der Waals surface area contributed by atoms with E-state index < -0.39 is 37.0 Å². The molecule has 2 rings (SSSR count). The minimum absolute atomic E-state index is 0.371. The van der Waals surface area contributed by atoms with Gasteiger partial charge in [-0.1, -0.05) is 0 Å². The van der Waals surface area contributed by atoms with E-state index in [9.17, 15) is 22.9 Å². The standard InChI is InChI=1S/C10H9FN4O5S/c1-5-4-20-10(13-5)14-21(18,19)9-7(11)2-6(15(16)17)3-8(9)12/h2-4H,12H2,1H3,(H,13,14). The molecule has 0 atom stereocenters. The fraction of sp³-hybridized carbons (Fsp3) is 0.100. The highest BCUT2D eigenvalue weighted by atomic mass is 32.2. The lowest BCUT2D eigenvalue weighted by Gasteiger charge is -2.08. The number of anilines is 2. The summed E-state index contributed by atoms with van der Waals surface area (Å²) in [4.78, 5) is 12.5. The number of nitrogens with one attached hydrogen (secondary N) is 1. The highest BCUT2D eigenvalue weighted by Crippen LogP contribution is 2.28. The van der Waals surface area contributed by atoms with Gasteiger partial charge in [-0.05, 0) is 6.92 Å². The Morgan fingerprint density at radius 2 is 2.14 bits per heavy atom. The number of nitrogen functional groups attached to an aromatic ring is 1. The van der Waals surface area contributed by atoms with Crippen LogP contribution < -0.4 is 10.5 Å². The molecule has 11 heteroatoms. The third kappa shape index (κ3) is 2.91. The third-order valence-electron chi connectivity index (χ3n) is 2.38. The molecule has 0 aliphatic heterocycles. The summed E-state index contributed by atoms with van der Waals surface area (Å²) in [7, 11) is -4.43. The Balaban J connectivity index is 2.47. The minimum atomic E-state index is -4.43. The van der Waals surface area contributed by atoms with Crippen LogP contribution in [-0.4, -0.2) is 18.3 Å². The molecule has 0 saturated heterocycles. The van der Waals surface area contributed by atoms with Gasteiger partial charge in [0, 0.05) is 6.07 Å². The molecule has 0 radical (unpaired) electrons. The molecule has 0 unspecified atom stereocenters. The highest BCUT2D eigenvalue weighted by Gasteiger charge is 2.27. The molecule has 1 aromatic heterocycles. The number of hydrogen-bond donors (Lipinski definition) is 2. The van der Waals surface area contributed by atoms with E-state index in [0.29, 0.717) is 11.8 Å². The number of oxazole rings is 1. The largest absolute Gasteiger partial charge is 0.431 e. The molecule has 0 amide bonds. The van der Waals surface area contributed by atoms with Gasteiger partial charge < -0.3 is 10.2 Å². The maximum atomic E-state index is 13.8. The number of sulfonamides is 1. The molecule has 21 heavy (non-hydrogen) atoms. The first-order valence-electron chi connectivity index (χ1n) is 5.39. The van der Waals surface area contributed by atoms with Crippen molar-refractivity contribution in [3.05, 3.63) is 40.0 Å². The monoisotopic (exact) mass is 316 g/mol. The van der Waals surface area contributed by atoms with E-state index in [1.165, 1.54) is 6.26 Å². The maximum absolute atomic E-state index is 13.8. The molecule has 0 spiro atoms. The van der Waals surface area contributed by atoms with E-state index in [4.69, 9.17) is 10.2 Å². The zero-order valence-electron chi connectivity index (χ0n) is 10.5. The number of nitro benzene ring substituents is 1. The van der Waals surface area contributed by atoms with Crippen LogP contribution >= 0.6 is 0 Å². The second-order valence-electron chi connectivity index (χ2n) is 4.00. The topological polar surface area (TPSA) is 141 Å². The Morgan fingerprint density at radius 3 is 2.62 bits per heavy atom. The van der Waals surface area contributed by atoms with Gasteiger partial charge in [-0.2, -0.15) is 4.98 Å². The number of nitro groups is 1. The van der Waals surface area contributed by atoms with Crippen LogP contribution in [-0.2, 0) is 10.0 Å². The maximum Gasteiger partial charge on any atom is 0.309 e. The van der Waals surface area contributed by atoms with Crippen molar-refractivity contribution in [3.8, 4) is 0 Å². The number of rotatable bonds is 4. The van der Waals surface area contributed by atoms with Crippen LogP contribution in [0, 0.1) is 22.9 Å². The molecular formula is C10H9FN4O5S. The lowest BCUT2D eigenvalue weighted by atomic mass is 10.3. The molecular weight excluding hydrogens is 307 g/mol. The van der Waals surface area contributed by atoms with Gasteiger partial charge in [0.05, 0.1) is 22.4 Å². The molecule has 0 aliphatic carbocycles. The molecule has 1 aromatic carbocycles. The highest BCUT2D eigenvalue weighted by molar-refractivity contribution is 7.92. The van der Waals surface area contributed by atoms with Crippen LogP contribution in [0.4, 0.5) is 21.8 Å². The van der Waals surface area contributed by atoms with Crippen molar-refractivity contribution in [1.82, 2.24) is 4.98 Å². The molecule has 0 aliphatic rings. The normalized spacial score (nSPS) is 11.3. The van der Waals surface area contributed by atoms with Crippen LogP contribution in [0.15, 0.2) is 27.7 Å². The van der Waals surface area contributed by atoms with Crippen molar-refractivity contribution >= 4 is 27.4 Å². The second kappa shape index (κ2) is 5.01. The molecule has 3 N–H and O–H groups in total. The van der Waals surface area contributed by atoms with Gasteiger partial charge in [0.1, 0.15) is 11.2 Å². The first-order chi connectivity index (χ1) is 9.70. The molecule has 0 fully saturated rings. The fourth-order valence-corrected chi connectivity index (χ4v) is 2.67. The van der Waals surface area contributed by atoms with Crippen molar-refractivity contribution in [2.24, 2.45) is 0 Å². The summed E-state index contributed by atoms with van der Waals surface area (Å²) in [6.07, 6.45) is 1.19. The Morgan fingerprint density at radius 1 is 1.48 bits per heavy atom. The number of aryl methyl sites for hydroxylation is 1. The first-order valence-corrected chi connectivity index (χ1v) is 6.87. The predicted octanol–water partition coefficient (Wildman–Crippen LogP) is 1.41. The van der Waals surface area contributed by atoms with Gasteiger partial charge in [0.15, 0.2) is 5.82 Å². The zero-order chi connectivity index (χ0) is 15.8. The summed E-state index contributed by atoms with van der Waals surface area (Å²) >= 11 is 0. The third-order valence-corrected chi connectivity index (χ3v) is 3.79. The van der Waals surface area contributed by atoms with E-state index in [-0.39, 0.29) is 6.01 Å². The van der Waals surface area contributed by atoms with Crippen LogP contribution in [0.5, 0.6) is 0 Å². The van der Waals surface area contributed by atoms with E-state index in [0.717, 1.165) is 6.07 Å². The number of halogens is 1. The van der Waals surface area contributed by atoms with Crippen LogP contribution in [0.2, 0.25) is 0 Å². The van der Waals surface area contributed by atoms with E-state index in [2.05, 4.69) is 4.98 Å². The molecule has 2 aromatic rings. The van der Waals surface area contributed by atoms with E-state index >= 15 is 0 Å². The number of benzene rings is 1. The molecule has 0 saturated carbocycles. The Kier molecular flexibility index (Phi) is 3.51. The van der Waals surface area contributed by atoms with Gasteiger partial charge in [-0.3, -0.25) is 10.1 Å². The SMILES string of the molecule is Cc1coc(NS(=O)(=O)c2c(N)cc([N+](=O)[O-])cc2F)n1. The lowest BCUT2D eigenvalue weighted by Crippen LogP contribution is -2.17. The van der Waals surface area contributed by atoms with Crippen molar-refractivity contribution in [1.29, 1.82) is 0 Å². The minimum Gasteiger partial charge on any atom is -0.431 e. The Labute approximate surface area is 117 Å². The number of hydrogen-bond acceptors (Lipinski definition) is 7. The fourth-order valence-electron chi connectivity index (χ4n) is 1.56. The number of aromatic nitrogens is 1. The molecule has 112 valence electrons. The van der Waals surface area contributed by atoms with Gasteiger partial charge in [-0.15, -0.1) is 0 Å². The lowest BCUT2D eigenvalue weighted by molar-refractivity contribution is -0.385. The van der Waals surface area contributed by atoms with Crippen molar-refractivity contribution in [2.45, 2.75) is 11.8 Å². The van der Waals surface area contributed by atoms with Crippen LogP contribution in [0.1, 0.15) is 5.69 Å². The number of nitrogens with two attached hydrogens (primary N) is 1. The summed E-state index contributed by atoms with van der Waals surface area (Å²) < 4.78 is 44.6.